The normalized spacial score (nSPS) is 10.9. The number of unbranched alkanes of at least 4 members (excludes halogenated alkanes) is 14. The van der Waals surface area contributed by atoms with E-state index in [-0.39, 0.29) is 6.61 Å². The first-order valence-electron chi connectivity index (χ1n) is 11.3. The highest BCUT2D eigenvalue weighted by atomic mass is 16.5. The van der Waals surface area contributed by atoms with Gasteiger partial charge in [-0.3, -0.25) is 0 Å². The molecule has 0 N–H and O–H groups in total. The fraction of sp³-hybridized carbons (Fsp3) is 0.750. The summed E-state index contributed by atoms with van der Waals surface area (Å²) in [5.41, 5.74) is 0. The van der Waals surface area contributed by atoms with Gasteiger partial charge in [0.05, 0.1) is 6.61 Å². The van der Waals surface area contributed by atoms with Gasteiger partial charge < -0.3 is 9.47 Å². The van der Waals surface area contributed by atoms with Crippen LogP contribution in [0, 0.1) is 0 Å². The van der Waals surface area contributed by atoms with Crippen molar-refractivity contribution in [2.24, 2.45) is 0 Å². The molecule has 0 aliphatic rings. The molecule has 0 spiro atoms. The van der Waals surface area contributed by atoms with Gasteiger partial charge in [-0.25, -0.2) is 9.59 Å². The molecule has 0 saturated heterocycles. The third-order valence-corrected chi connectivity index (χ3v) is 4.69. The zero-order valence-electron chi connectivity index (χ0n) is 18.1. The molecule has 0 fully saturated rings. The first-order chi connectivity index (χ1) is 13.7. The standard InChI is InChI=1S/C24H42O4/c1-3-5-6-7-8-9-10-11-12-13-14-15-16-17-18-22-28-24(26)20-19-23(25)27-21-4-2/h4,19-20H,2-3,5-18,21-22H2,1H3/b20-19+. The number of hydrogen-bond acceptors (Lipinski definition) is 4. The monoisotopic (exact) mass is 394 g/mol. The average molecular weight is 395 g/mol. The molecule has 0 aromatic rings. The Hall–Kier alpha value is -1.58. The van der Waals surface area contributed by atoms with Gasteiger partial charge in [0, 0.05) is 12.2 Å². The molecular formula is C24H42O4. The summed E-state index contributed by atoms with van der Waals surface area (Å²) in [6, 6.07) is 0. The summed E-state index contributed by atoms with van der Waals surface area (Å²) in [6.45, 7) is 6.25. The van der Waals surface area contributed by atoms with Crippen molar-refractivity contribution in [3.63, 3.8) is 0 Å². The minimum absolute atomic E-state index is 0.136. The molecule has 0 unspecified atom stereocenters. The highest BCUT2D eigenvalue weighted by Crippen LogP contribution is 2.13. The summed E-state index contributed by atoms with van der Waals surface area (Å²) < 4.78 is 9.78. The minimum atomic E-state index is -0.566. The van der Waals surface area contributed by atoms with E-state index in [1.807, 2.05) is 0 Å². The first kappa shape index (κ1) is 26.4. The van der Waals surface area contributed by atoms with Gasteiger partial charge in [-0.1, -0.05) is 109 Å². The van der Waals surface area contributed by atoms with E-state index in [2.05, 4.69) is 13.5 Å². The molecule has 0 aliphatic carbocycles. The van der Waals surface area contributed by atoms with E-state index in [0.29, 0.717) is 6.61 Å². The first-order valence-corrected chi connectivity index (χ1v) is 11.3. The van der Waals surface area contributed by atoms with Crippen LogP contribution < -0.4 is 0 Å². The molecule has 0 heterocycles. The van der Waals surface area contributed by atoms with Crippen LogP contribution >= 0.6 is 0 Å². The van der Waals surface area contributed by atoms with Gasteiger partial charge >= 0.3 is 11.9 Å². The average Bonchev–Trinajstić information content (AvgIpc) is 2.70. The largest absolute Gasteiger partial charge is 0.463 e. The summed E-state index contributed by atoms with van der Waals surface area (Å²) in [5.74, 6) is -1.07. The SMILES string of the molecule is C=CCOC(=O)/C=C/C(=O)OCCCCCCCCCCCCCCCCC. The molecule has 0 aromatic carbocycles. The van der Waals surface area contributed by atoms with Gasteiger partial charge in [0.2, 0.25) is 0 Å². The van der Waals surface area contributed by atoms with Crippen LogP contribution in [0.1, 0.15) is 103 Å². The van der Waals surface area contributed by atoms with Crippen LogP contribution in [0.3, 0.4) is 0 Å². The van der Waals surface area contributed by atoms with Gasteiger partial charge in [-0.05, 0) is 6.42 Å². The Morgan fingerprint density at radius 3 is 1.46 bits per heavy atom. The third-order valence-electron chi connectivity index (χ3n) is 4.69. The topological polar surface area (TPSA) is 52.6 Å². The highest BCUT2D eigenvalue weighted by molar-refractivity contribution is 5.91. The van der Waals surface area contributed by atoms with Crippen LogP contribution in [0.5, 0.6) is 0 Å². The van der Waals surface area contributed by atoms with E-state index in [9.17, 15) is 9.59 Å². The molecule has 0 radical (unpaired) electrons. The predicted molar refractivity (Wildman–Crippen MR) is 116 cm³/mol. The van der Waals surface area contributed by atoms with Crippen molar-refractivity contribution in [3.05, 3.63) is 24.8 Å². The van der Waals surface area contributed by atoms with Crippen molar-refractivity contribution in [1.82, 2.24) is 0 Å². The quantitative estimate of drug-likeness (QED) is 0.0999. The number of esters is 2. The van der Waals surface area contributed by atoms with Gasteiger partial charge in [0.15, 0.2) is 0 Å². The lowest BCUT2D eigenvalue weighted by Gasteiger charge is -2.04. The van der Waals surface area contributed by atoms with Gasteiger partial charge in [-0.2, -0.15) is 0 Å². The predicted octanol–water partition coefficient (Wildman–Crippen LogP) is 6.69. The van der Waals surface area contributed by atoms with E-state index in [0.717, 1.165) is 25.0 Å². The van der Waals surface area contributed by atoms with Gasteiger partial charge in [-0.15, -0.1) is 0 Å². The summed E-state index contributed by atoms with van der Waals surface area (Å²) in [6.07, 6.45) is 23.3. The van der Waals surface area contributed by atoms with Crippen LogP contribution in [-0.4, -0.2) is 25.2 Å². The number of carbonyl (C=O) groups is 2. The molecule has 0 amide bonds. The number of rotatable bonds is 20. The van der Waals surface area contributed by atoms with Crippen LogP contribution in [-0.2, 0) is 19.1 Å². The Kier molecular flexibility index (Phi) is 20.5. The Balaban J connectivity index is 3.27. The van der Waals surface area contributed by atoms with Gasteiger partial charge in [0.1, 0.15) is 6.61 Å². The zero-order valence-corrected chi connectivity index (χ0v) is 18.1. The summed E-state index contributed by atoms with van der Waals surface area (Å²) in [4.78, 5) is 22.6. The molecule has 0 aromatic heterocycles. The summed E-state index contributed by atoms with van der Waals surface area (Å²) >= 11 is 0. The lowest BCUT2D eigenvalue weighted by molar-refractivity contribution is -0.140. The second kappa shape index (κ2) is 21.7. The molecule has 0 bridgehead atoms. The van der Waals surface area contributed by atoms with Crippen LogP contribution in [0.25, 0.3) is 0 Å². The minimum Gasteiger partial charge on any atom is -0.463 e. The number of ether oxygens (including phenoxy) is 2. The maximum atomic E-state index is 11.4. The van der Waals surface area contributed by atoms with Crippen molar-refractivity contribution < 1.29 is 19.1 Å². The third kappa shape index (κ3) is 20.7. The van der Waals surface area contributed by atoms with Crippen molar-refractivity contribution >= 4 is 11.9 Å². The van der Waals surface area contributed by atoms with E-state index in [4.69, 9.17) is 9.47 Å². The highest BCUT2D eigenvalue weighted by Gasteiger charge is 2.00. The van der Waals surface area contributed by atoms with E-state index < -0.39 is 11.9 Å². The van der Waals surface area contributed by atoms with Crippen molar-refractivity contribution in [1.29, 1.82) is 0 Å². The molecule has 162 valence electrons. The Bertz CT molecular complexity index is 415. The molecule has 28 heavy (non-hydrogen) atoms. The maximum absolute atomic E-state index is 11.4. The smallest absolute Gasteiger partial charge is 0.331 e. The second-order valence-electron chi connectivity index (χ2n) is 7.37. The van der Waals surface area contributed by atoms with Crippen LogP contribution in [0.15, 0.2) is 24.8 Å². The van der Waals surface area contributed by atoms with E-state index in [1.54, 1.807) is 0 Å². The Labute approximate surface area is 172 Å². The van der Waals surface area contributed by atoms with Crippen molar-refractivity contribution in [2.45, 2.75) is 103 Å². The molecule has 0 aliphatic heterocycles. The van der Waals surface area contributed by atoms with Crippen LogP contribution in [0.4, 0.5) is 0 Å². The van der Waals surface area contributed by atoms with Gasteiger partial charge in [0.25, 0.3) is 0 Å². The second-order valence-corrected chi connectivity index (χ2v) is 7.37. The number of carbonyl (C=O) groups excluding carboxylic acids is 2. The lowest BCUT2D eigenvalue weighted by Crippen LogP contribution is -2.05. The zero-order chi connectivity index (χ0) is 20.7. The Morgan fingerprint density at radius 2 is 1.04 bits per heavy atom. The molecule has 4 heteroatoms. The van der Waals surface area contributed by atoms with Crippen molar-refractivity contribution in [3.8, 4) is 0 Å². The maximum Gasteiger partial charge on any atom is 0.331 e. The number of hydrogen-bond donors (Lipinski definition) is 0. The molecule has 0 rings (SSSR count). The molecule has 0 atom stereocenters. The molecule has 4 nitrogen and oxygen atoms in total. The fourth-order valence-corrected chi connectivity index (χ4v) is 3.02. The van der Waals surface area contributed by atoms with E-state index in [1.165, 1.54) is 89.5 Å². The fourth-order valence-electron chi connectivity index (χ4n) is 3.02. The van der Waals surface area contributed by atoms with E-state index >= 15 is 0 Å². The van der Waals surface area contributed by atoms with Crippen molar-refractivity contribution in [2.75, 3.05) is 13.2 Å². The Morgan fingerprint density at radius 1 is 0.643 bits per heavy atom. The summed E-state index contributed by atoms with van der Waals surface area (Å²) in [5, 5.41) is 0. The lowest BCUT2D eigenvalue weighted by atomic mass is 10.0. The molecule has 0 saturated carbocycles. The molecular weight excluding hydrogens is 352 g/mol. The summed E-state index contributed by atoms with van der Waals surface area (Å²) in [7, 11) is 0. The van der Waals surface area contributed by atoms with Crippen LogP contribution in [0.2, 0.25) is 0 Å².